The lowest BCUT2D eigenvalue weighted by Crippen LogP contribution is -2.48. The fourth-order valence-electron chi connectivity index (χ4n) is 3.44. The first kappa shape index (κ1) is 19.9. The van der Waals surface area contributed by atoms with Crippen LogP contribution in [0.15, 0.2) is 53.7 Å². The summed E-state index contributed by atoms with van der Waals surface area (Å²) in [5, 5.41) is 3.85. The molecule has 0 saturated heterocycles. The smallest absolute Gasteiger partial charge is 0.337 e. The van der Waals surface area contributed by atoms with Crippen LogP contribution in [0, 0.1) is 13.8 Å². The quantitative estimate of drug-likeness (QED) is 0.618. The third-order valence-electron chi connectivity index (χ3n) is 4.92. The molecule has 1 aliphatic rings. The molecule has 2 aromatic rings. The van der Waals surface area contributed by atoms with Gasteiger partial charge in [-0.2, -0.15) is 0 Å². The standard InChI is InChI=1S/C22H24N2O3S/c1-13-9-10-14(2)18(11-13)24-15(3)19(21(25)27-5)20(23-22(24)28)16-7-6-8-17(12-16)26-4/h6-12,20H,1-5H3,(H,23,28). The van der Waals surface area contributed by atoms with Gasteiger partial charge in [-0.25, -0.2) is 4.79 Å². The topological polar surface area (TPSA) is 50.8 Å². The molecule has 1 heterocycles. The number of anilines is 1. The maximum absolute atomic E-state index is 12.7. The minimum absolute atomic E-state index is 0.393. The van der Waals surface area contributed by atoms with Crippen molar-refractivity contribution in [3.05, 3.63) is 70.4 Å². The number of hydrogen-bond donors (Lipinski definition) is 1. The van der Waals surface area contributed by atoms with Crippen LogP contribution < -0.4 is 15.0 Å². The highest BCUT2D eigenvalue weighted by Crippen LogP contribution is 2.36. The van der Waals surface area contributed by atoms with Gasteiger partial charge in [-0.05, 0) is 67.9 Å². The first-order valence-corrected chi connectivity index (χ1v) is 9.39. The number of aryl methyl sites for hydroxylation is 2. The van der Waals surface area contributed by atoms with E-state index >= 15 is 0 Å². The van der Waals surface area contributed by atoms with Crippen LogP contribution in [0.25, 0.3) is 0 Å². The van der Waals surface area contributed by atoms with Crippen LogP contribution in [0.2, 0.25) is 0 Å². The van der Waals surface area contributed by atoms with Crippen molar-refractivity contribution in [1.82, 2.24) is 5.32 Å². The van der Waals surface area contributed by atoms with Crippen LogP contribution in [0.3, 0.4) is 0 Å². The maximum atomic E-state index is 12.7. The van der Waals surface area contributed by atoms with Crippen LogP contribution in [-0.2, 0) is 9.53 Å². The number of thiocarbonyl (C=S) groups is 1. The van der Waals surface area contributed by atoms with Gasteiger partial charge in [-0.1, -0.05) is 24.3 Å². The van der Waals surface area contributed by atoms with Crippen LogP contribution in [0.5, 0.6) is 5.75 Å². The van der Waals surface area contributed by atoms with Gasteiger partial charge in [0.25, 0.3) is 0 Å². The third-order valence-corrected chi connectivity index (χ3v) is 5.22. The van der Waals surface area contributed by atoms with Crippen LogP contribution in [-0.4, -0.2) is 25.3 Å². The van der Waals surface area contributed by atoms with E-state index in [1.54, 1.807) is 7.11 Å². The van der Waals surface area contributed by atoms with Gasteiger partial charge in [0.2, 0.25) is 0 Å². The van der Waals surface area contributed by atoms with E-state index in [0.29, 0.717) is 16.4 Å². The zero-order chi connectivity index (χ0) is 20.4. The summed E-state index contributed by atoms with van der Waals surface area (Å²) in [6.45, 7) is 5.95. The minimum Gasteiger partial charge on any atom is -0.497 e. The number of carbonyl (C=O) groups is 1. The molecule has 28 heavy (non-hydrogen) atoms. The molecule has 6 heteroatoms. The highest BCUT2D eigenvalue weighted by Gasteiger charge is 2.35. The van der Waals surface area contributed by atoms with Gasteiger partial charge in [-0.3, -0.25) is 4.90 Å². The fourth-order valence-corrected chi connectivity index (χ4v) is 3.79. The second-order valence-corrected chi connectivity index (χ2v) is 7.16. The molecule has 0 bridgehead atoms. The molecule has 1 atom stereocenters. The van der Waals surface area contributed by atoms with Gasteiger partial charge in [0, 0.05) is 5.70 Å². The van der Waals surface area contributed by atoms with E-state index in [9.17, 15) is 4.79 Å². The average Bonchev–Trinajstić information content (AvgIpc) is 2.69. The number of hydrogen-bond acceptors (Lipinski definition) is 4. The molecule has 146 valence electrons. The summed E-state index contributed by atoms with van der Waals surface area (Å²) < 4.78 is 10.4. The maximum Gasteiger partial charge on any atom is 0.337 e. The number of rotatable bonds is 4. The van der Waals surface area contributed by atoms with Crippen molar-refractivity contribution in [1.29, 1.82) is 0 Å². The van der Waals surface area contributed by atoms with E-state index < -0.39 is 12.0 Å². The van der Waals surface area contributed by atoms with E-state index in [4.69, 9.17) is 21.7 Å². The molecule has 1 aliphatic heterocycles. The zero-order valence-corrected chi connectivity index (χ0v) is 17.5. The Bertz CT molecular complexity index is 968. The third kappa shape index (κ3) is 3.60. The molecule has 0 radical (unpaired) electrons. The lowest BCUT2D eigenvalue weighted by molar-refractivity contribution is -0.136. The average molecular weight is 397 g/mol. The second kappa shape index (κ2) is 8.02. The summed E-state index contributed by atoms with van der Waals surface area (Å²) in [6, 6.07) is 13.3. The summed E-state index contributed by atoms with van der Waals surface area (Å²) >= 11 is 5.70. The predicted octanol–water partition coefficient (Wildman–Crippen LogP) is 4.19. The van der Waals surface area contributed by atoms with Crippen molar-refractivity contribution in [3.8, 4) is 5.75 Å². The summed E-state index contributed by atoms with van der Waals surface area (Å²) in [6.07, 6.45) is 0. The molecular formula is C22H24N2O3S. The summed E-state index contributed by atoms with van der Waals surface area (Å²) in [5.41, 5.74) is 5.27. The van der Waals surface area contributed by atoms with Gasteiger partial charge in [0.05, 0.1) is 31.5 Å². The molecule has 0 aliphatic carbocycles. The largest absolute Gasteiger partial charge is 0.497 e. The van der Waals surface area contributed by atoms with E-state index in [-0.39, 0.29) is 0 Å². The lowest BCUT2D eigenvalue weighted by atomic mass is 9.94. The van der Waals surface area contributed by atoms with Crippen molar-refractivity contribution in [3.63, 3.8) is 0 Å². The van der Waals surface area contributed by atoms with Gasteiger partial charge >= 0.3 is 5.97 Å². The molecule has 1 unspecified atom stereocenters. The van der Waals surface area contributed by atoms with Crippen molar-refractivity contribution >= 4 is 29.0 Å². The monoisotopic (exact) mass is 396 g/mol. The molecule has 0 spiro atoms. The molecular weight excluding hydrogens is 372 g/mol. The Morgan fingerprint density at radius 2 is 1.86 bits per heavy atom. The Hall–Kier alpha value is -2.86. The first-order valence-electron chi connectivity index (χ1n) is 8.98. The number of carbonyl (C=O) groups excluding carboxylic acids is 1. The molecule has 0 amide bonds. The number of methoxy groups -OCH3 is 2. The van der Waals surface area contributed by atoms with Crippen molar-refractivity contribution in [2.24, 2.45) is 0 Å². The predicted molar refractivity (Wildman–Crippen MR) is 115 cm³/mol. The Labute approximate surface area is 170 Å². The summed E-state index contributed by atoms with van der Waals surface area (Å²) in [7, 11) is 3.00. The van der Waals surface area contributed by atoms with Crippen LogP contribution >= 0.6 is 12.2 Å². The Morgan fingerprint density at radius 1 is 1.11 bits per heavy atom. The highest BCUT2D eigenvalue weighted by molar-refractivity contribution is 7.80. The van der Waals surface area contributed by atoms with E-state index in [0.717, 1.165) is 28.1 Å². The van der Waals surface area contributed by atoms with Gasteiger partial charge in [-0.15, -0.1) is 0 Å². The van der Waals surface area contributed by atoms with E-state index in [1.807, 2.05) is 56.0 Å². The highest BCUT2D eigenvalue weighted by atomic mass is 32.1. The SMILES string of the molecule is COC(=O)C1=C(C)N(c2cc(C)ccc2C)C(=S)NC1c1cccc(OC)c1. The van der Waals surface area contributed by atoms with Crippen molar-refractivity contribution < 1.29 is 14.3 Å². The molecule has 0 saturated carbocycles. The zero-order valence-electron chi connectivity index (χ0n) is 16.7. The van der Waals surface area contributed by atoms with Crippen molar-refractivity contribution in [2.75, 3.05) is 19.1 Å². The van der Waals surface area contributed by atoms with Gasteiger partial charge < -0.3 is 14.8 Å². The molecule has 3 rings (SSSR count). The van der Waals surface area contributed by atoms with Gasteiger partial charge in [0.1, 0.15) is 5.75 Å². The van der Waals surface area contributed by atoms with Crippen LogP contribution in [0.1, 0.15) is 29.7 Å². The lowest BCUT2D eigenvalue weighted by Gasteiger charge is -2.38. The Kier molecular flexibility index (Phi) is 5.70. The molecule has 0 aromatic heterocycles. The number of esters is 1. The number of nitrogens with zero attached hydrogens (tertiary/aromatic N) is 1. The Morgan fingerprint density at radius 3 is 2.54 bits per heavy atom. The Balaban J connectivity index is 2.18. The van der Waals surface area contributed by atoms with Crippen molar-refractivity contribution in [2.45, 2.75) is 26.8 Å². The van der Waals surface area contributed by atoms with Crippen LogP contribution in [0.4, 0.5) is 5.69 Å². The molecule has 5 nitrogen and oxygen atoms in total. The molecule has 1 N–H and O–H groups in total. The summed E-state index contributed by atoms with van der Waals surface area (Å²) in [4.78, 5) is 14.6. The normalized spacial score (nSPS) is 16.7. The summed E-state index contributed by atoms with van der Waals surface area (Å²) in [5.74, 6) is 0.319. The van der Waals surface area contributed by atoms with E-state index in [1.165, 1.54) is 7.11 Å². The molecule has 2 aromatic carbocycles. The number of nitrogens with one attached hydrogen (secondary N) is 1. The fraction of sp³-hybridized carbons (Fsp3) is 0.273. The number of ether oxygens (including phenoxy) is 2. The van der Waals surface area contributed by atoms with Gasteiger partial charge in [0.15, 0.2) is 5.11 Å². The number of benzene rings is 2. The number of allylic oxidation sites excluding steroid dienone is 1. The molecule has 0 fully saturated rings. The second-order valence-electron chi connectivity index (χ2n) is 6.78. The van der Waals surface area contributed by atoms with E-state index in [2.05, 4.69) is 17.4 Å². The first-order chi connectivity index (χ1) is 13.4. The minimum atomic E-state index is -0.420.